The highest BCUT2D eigenvalue weighted by Crippen LogP contribution is 2.11. The van der Waals surface area contributed by atoms with Gasteiger partial charge in [0, 0.05) is 5.69 Å². The molecule has 0 aliphatic carbocycles. The lowest BCUT2D eigenvalue weighted by Crippen LogP contribution is -2.00. The van der Waals surface area contributed by atoms with Gasteiger partial charge in [-0.3, -0.25) is 0 Å². The molecule has 0 bridgehead atoms. The Bertz CT molecular complexity index is 314. The van der Waals surface area contributed by atoms with Gasteiger partial charge in [0.1, 0.15) is 0 Å². The third kappa shape index (κ3) is 2.93. The summed E-state index contributed by atoms with van der Waals surface area (Å²) < 4.78 is 0. The van der Waals surface area contributed by atoms with Gasteiger partial charge in [0.25, 0.3) is 0 Å². The van der Waals surface area contributed by atoms with Crippen molar-refractivity contribution in [1.29, 1.82) is 0 Å². The molecule has 0 aromatic heterocycles. The van der Waals surface area contributed by atoms with E-state index in [9.17, 15) is 4.79 Å². The molecule has 0 heterocycles. The molecule has 4 N–H and O–H groups in total. The third-order valence-corrected chi connectivity index (χ3v) is 1.44. The number of aromatic carboxylic acids is 1. The largest absolute Gasteiger partial charge is 0.478 e. The summed E-state index contributed by atoms with van der Waals surface area (Å²) in [6.45, 7) is -0.203. The standard InChI is InChI=1S/C8H9NO3.ClH/c9-7-2-5(4-10)1-6(3-7)8(11)12;/h1-3,10H,4,9H2,(H,11,12);1H. The van der Waals surface area contributed by atoms with E-state index < -0.39 is 5.97 Å². The first-order valence-corrected chi connectivity index (χ1v) is 3.37. The van der Waals surface area contributed by atoms with Gasteiger partial charge in [0.05, 0.1) is 12.2 Å². The Morgan fingerprint density at radius 3 is 2.46 bits per heavy atom. The van der Waals surface area contributed by atoms with Crippen molar-refractivity contribution in [3.8, 4) is 0 Å². The van der Waals surface area contributed by atoms with Crippen LogP contribution >= 0.6 is 12.4 Å². The highest BCUT2D eigenvalue weighted by molar-refractivity contribution is 5.89. The minimum Gasteiger partial charge on any atom is -0.478 e. The van der Waals surface area contributed by atoms with E-state index in [4.69, 9.17) is 15.9 Å². The SMILES string of the molecule is Cl.Nc1cc(CO)cc(C(=O)O)c1. The van der Waals surface area contributed by atoms with Crippen molar-refractivity contribution in [1.82, 2.24) is 0 Å². The fourth-order valence-electron chi connectivity index (χ4n) is 0.933. The first-order valence-electron chi connectivity index (χ1n) is 3.37. The summed E-state index contributed by atoms with van der Waals surface area (Å²) >= 11 is 0. The van der Waals surface area contributed by atoms with Gasteiger partial charge in [-0.2, -0.15) is 0 Å². The van der Waals surface area contributed by atoms with E-state index in [1.165, 1.54) is 18.2 Å². The second-order valence-corrected chi connectivity index (χ2v) is 2.43. The molecular formula is C8H10ClNO3. The lowest BCUT2D eigenvalue weighted by molar-refractivity contribution is 0.0696. The van der Waals surface area contributed by atoms with E-state index >= 15 is 0 Å². The number of nitrogen functional groups attached to an aromatic ring is 1. The summed E-state index contributed by atoms with van der Waals surface area (Å²) in [5, 5.41) is 17.3. The molecule has 0 unspecified atom stereocenters. The predicted octanol–water partition coefficient (Wildman–Crippen LogP) is 0.881. The predicted molar refractivity (Wildman–Crippen MR) is 51.0 cm³/mol. The van der Waals surface area contributed by atoms with E-state index in [0.29, 0.717) is 11.3 Å². The Morgan fingerprint density at radius 1 is 1.38 bits per heavy atom. The van der Waals surface area contributed by atoms with Crippen molar-refractivity contribution in [3.05, 3.63) is 29.3 Å². The number of anilines is 1. The zero-order valence-electron chi connectivity index (χ0n) is 6.73. The Morgan fingerprint density at radius 2 is 2.00 bits per heavy atom. The molecule has 1 rings (SSSR count). The van der Waals surface area contributed by atoms with Gasteiger partial charge in [-0.25, -0.2) is 4.79 Å². The molecule has 5 heteroatoms. The molecule has 1 aromatic rings. The summed E-state index contributed by atoms with van der Waals surface area (Å²) in [5.41, 5.74) is 6.35. The van der Waals surface area contributed by atoms with Gasteiger partial charge in [-0.1, -0.05) is 0 Å². The zero-order chi connectivity index (χ0) is 9.14. The third-order valence-electron chi connectivity index (χ3n) is 1.44. The number of halogens is 1. The van der Waals surface area contributed by atoms with E-state index in [1.54, 1.807) is 0 Å². The summed E-state index contributed by atoms with van der Waals surface area (Å²) in [4.78, 5) is 10.5. The summed E-state index contributed by atoms with van der Waals surface area (Å²) in [6, 6.07) is 4.27. The summed E-state index contributed by atoms with van der Waals surface area (Å²) in [7, 11) is 0. The quantitative estimate of drug-likeness (QED) is 0.623. The second-order valence-electron chi connectivity index (χ2n) is 2.43. The fourth-order valence-corrected chi connectivity index (χ4v) is 0.933. The normalized spacial score (nSPS) is 9.00. The van der Waals surface area contributed by atoms with Gasteiger partial charge in [-0.05, 0) is 23.8 Å². The van der Waals surface area contributed by atoms with Crippen LogP contribution in [0.3, 0.4) is 0 Å². The Balaban J connectivity index is 0.00000144. The van der Waals surface area contributed by atoms with E-state index in [-0.39, 0.29) is 24.6 Å². The molecule has 72 valence electrons. The number of benzene rings is 1. The molecule has 13 heavy (non-hydrogen) atoms. The Labute approximate surface area is 81.4 Å². The Kier molecular flexibility index (Phi) is 4.23. The van der Waals surface area contributed by atoms with Crippen LogP contribution in [0.4, 0.5) is 5.69 Å². The molecule has 0 aliphatic rings. The maximum Gasteiger partial charge on any atom is 0.335 e. The zero-order valence-corrected chi connectivity index (χ0v) is 7.54. The van der Waals surface area contributed by atoms with Gasteiger partial charge in [0.15, 0.2) is 0 Å². The van der Waals surface area contributed by atoms with E-state index in [1.807, 2.05) is 0 Å². The van der Waals surface area contributed by atoms with Crippen LogP contribution in [-0.4, -0.2) is 16.2 Å². The molecule has 0 radical (unpaired) electrons. The monoisotopic (exact) mass is 203 g/mol. The topological polar surface area (TPSA) is 83.5 Å². The van der Waals surface area contributed by atoms with Crippen LogP contribution in [0, 0.1) is 0 Å². The molecule has 4 nitrogen and oxygen atoms in total. The van der Waals surface area contributed by atoms with Crippen molar-refractivity contribution in [2.75, 3.05) is 5.73 Å². The van der Waals surface area contributed by atoms with Gasteiger partial charge in [0.2, 0.25) is 0 Å². The highest BCUT2D eigenvalue weighted by atomic mass is 35.5. The van der Waals surface area contributed by atoms with Crippen LogP contribution in [0.2, 0.25) is 0 Å². The van der Waals surface area contributed by atoms with Gasteiger partial charge in [-0.15, -0.1) is 12.4 Å². The molecule has 0 amide bonds. The van der Waals surface area contributed by atoms with Crippen molar-refractivity contribution >= 4 is 24.1 Å². The lowest BCUT2D eigenvalue weighted by Gasteiger charge is -2.00. The number of rotatable bonds is 2. The van der Waals surface area contributed by atoms with Crippen molar-refractivity contribution < 1.29 is 15.0 Å². The van der Waals surface area contributed by atoms with Crippen LogP contribution in [0.1, 0.15) is 15.9 Å². The molecule has 1 aromatic carbocycles. The van der Waals surface area contributed by atoms with Crippen molar-refractivity contribution in [3.63, 3.8) is 0 Å². The Hall–Kier alpha value is -1.26. The molecule has 0 saturated carbocycles. The first kappa shape index (κ1) is 11.7. The van der Waals surface area contributed by atoms with Crippen LogP contribution in [-0.2, 0) is 6.61 Å². The first-order chi connectivity index (χ1) is 5.63. The number of carboxylic acids is 1. The number of hydrogen-bond acceptors (Lipinski definition) is 3. The fraction of sp³-hybridized carbons (Fsp3) is 0.125. The van der Waals surface area contributed by atoms with Crippen molar-refractivity contribution in [2.45, 2.75) is 6.61 Å². The number of aliphatic hydroxyl groups excluding tert-OH is 1. The number of hydrogen-bond donors (Lipinski definition) is 3. The highest BCUT2D eigenvalue weighted by Gasteiger charge is 2.04. The second kappa shape index (κ2) is 4.69. The van der Waals surface area contributed by atoms with Gasteiger partial charge < -0.3 is 15.9 Å². The summed E-state index contributed by atoms with van der Waals surface area (Å²) in [5.74, 6) is -1.04. The number of aliphatic hydroxyl groups is 1. The maximum absolute atomic E-state index is 10.5. The summed E-state index contributed by atoms with van der Waals surface area (Å²) in [6.07, 6.45) is 0. The minimum absolute atomic E-state index is 0. The molecular weight excluding hydrogens is 194 g/mol. The molecule has 0 aliphatic heterocycles. The molecule has 0 saturated heterocycles. The minimum atomic E-state index is -1.04. The smallest absolute Gasteiger partial charge is 0.335 e. The van der Waals surface area contributed by atoms with Crippen molar-refractivity contribution in [2.24, 2.45) is 0 Å². The van der Waals surface area contributed by atoms with E-state index in [0.717, 1.165) is 0 Å². The van der Waals surface area contributed by atoms with Crippen LogP contribution in [0.15, 0.2) is 18.2 Å². The maximum atomic E-state index is 10.5. The average Bonchev–Trinajstić information content (AvgIpc) is 2.03. The lowest BCUT2D eigenvalue weighted by atomic mass is 10.1. The number of nitrogens with two attached hydrogens (primary N) is 1. The average molecular weight is 204 g/mol. The van der Waals surface area contributed by atoms with Crippen LogP contribution < -0.4 is 5.73 Å². The molecule has 0 atom stereocenters. The van der Waals surface area contributed by atoms with Crippen LogP contribution in [0.25, 0.3) is 0 Å². The van der Waals surface area contributed by atoms with E-state index in [2.05, 4.69) is 0 Å². The number of carbonyl (C=O) groups is 1. The molecule has 0 fully saturated rings. The van der Waals surface area contributed by atoms with Crippen LogP contribution in [0.5, 0.6) is 0 Å². The van der Waals surface area contributed by atoms with Gasteiger partial charge >= 0.3 is 5.97 Å². The molecule has 0 spiro atoms. The number of carboxylic acid groups (broad SMARTS) is 1.